The molecule has 0 fully saturated rings. The summed E-state index contributed by atoms with van der Waals surface area (Å²) in [6.45, 7) is 2.40. The SMILES string of the molecule is Cc1ccc(F)c(Cn2c[c]cn2)c1. The first kappa shape index (κ1) is 8.94. The van der Waals surface area contributed by atoms with Crippen LogP contribution >= 0.6 is 0 Å². The Morgan fingerprint density at radius 1 is 1.50 bits per heavy atom. The smallest absolute Gasteiger partial charge is 0.128 e. The Balaban J connectivity index is 2.28. The summed E-state index contributed by atoms with van der Waals surface area (Å²) in [7, 11) is 0. The van der Waals surface area contributed by atoms with Gasteiger partial charge in [-0.15, -0.1) is 0 Å². The fourth-order valence-electron chi connectivity index (χ4n) is 1.35. The van der Waals surface area contributed by atoms with Crippen LogP contribution < -0.4 is 0 Å². The second kappa shape index (κ2) is 3.62. The van der Waals surface area contributed by atoms with Gasteiger partial charge in [-0.2, -0.15) is 5.10 Å². The molecule has 71 valence electrons. The van der Waals surface area contributed by atoms with Crippen molar-refractivity contribution in [3.63, 3.8) is 0 Å². The van der Waals surface area contributed by atoms with Gasteiger partial charge in [0, 0.05) is 17.8 Å². The molecule has 1 aromatic heterocycles. The lowest BCUT2D eigenvalue weighted by Gasteiger charge is -2.04. The van der Waals surface area contributed by atoms with Crippen molar-refractivity contribution in [2.24, 2.45) is 0 Å². The van der Waals surface area contributed by atoms with E-state index >= 15 is 0 Å². The Hall–Kier alpha value is -1.64. The molecule has 14 heavy (non-hydrogen) atoms. The van der Waals surface area contributed by atoms with Gasteiger partial charge in [-0.3, -0.25) is 4.68 Å². The molecule has 2 rings (SSSR count). The topological polar surface area (TPSA) is 17.8 Å². The summed E-state index contributed by atoms with van der Waals surface area (Å²) in [5, 5.41) is 3.98. The second-order valence-corrected chi connectivity index (χ2v) is 3.23. The van der Waals surface area contributed by atoms with Crippen LogP contribution in [0.3, 0.4) is 0 Å². The molecule has 0 atom stereocenters. The standard InChI is InChI=1S/C11H10FN2/c1-9-3-4-11(12)10(7-9)8-14-6-2-5-13-14/h3-7H,8H2,1H3. The fraction of sp³-hybridized carbons (Fsp3) is 0.182. The number of halogens is 1. The van der Waals surface area contributed by atoms with Crippen LogP contribution in [0, 0.1) is 18.8 Å². The second-order valence-electron chi connectivity index (χ2n) is 3.23. The van der Waals surface area contributed by atoms with Gasteiger partial charge in [0.15, 0.2) is 0 Å². The molecular formula is C11H10FN2. The number of hydrogen-bond acceptors (Lipinski definition) is 1. The first-order chi connectivity index (χ1) is 6.75. The normalized spacial score (nSPS) is 10.4. The zero-order chi connectivity index (χ0) is 9.97. The number of aromatic nitrogens is 2. The van der Waals surface area contributed by atoms with Crippen molar-refractivity contribution < 1.29 is 4.39 Å². The number of benzene rings is 1. The molecule has 1 radical (unpaired) electrons. The average Bonchev–Trinajstić information content (AvgIpc) is 2.64. The third kappa shape index (κ3) is 1.82. The van der Waals surface area contributed by atoms with Crippen LogP contribution in [0.1, 0.15) is 11.1 Å². The van der Waals surface area contributed by atoms with E-state index in [0.29, 0.717) is 12.1 Å². The Bertz CT molecular complexity index is 421. The molecular weight excluding hydrogens is 179 g/mol. The highest BCUT2D eigenvalue weighted by Gasteiger charge is 2.02. The Morgan fingerprint density at radius 3 is 3.07 bits per heavy atom. The monoisotopic (exact) mass is 189 g/mol. The van der Waals surface area contributed by atoms with E-state index in [1.165, 1.54) is 6.07 Å². The molecule has 3 heteroatoms. The minimum atomic E-state index is -0.189. The highest BCUT2D eigenvalue weighted by atomic mass is 19.1. The highest BCUT2D eigenvalue weighted by molar-refractivity contribution is 5.24. The predicted octanol–water partition coefficient (Wildman–Crippen LogP) is 2.18. The van der Waals surface area contributed by atoms with Crippen molar-refractivity contribution >= 4 is 0 Å². The summed E-state index contributed by atoms with van der Waals surface area (Å²) >= 11 is 0. The van der Waals surface area contributed by atoms with E-state index in [4.69, 9.17) is 0 Å². The fourth-order valence-corrected chi connectivity index (χ4v) is 1.35. The van der Waals surface area contributed by atoms with Gasteiger partial charge in [-0.25, -0.2) is 4.39 Å². The Labute approximate surface area is 82.0 Å². The predicted molar refractivity (Wildman–Crippen MR) is 51.3 cm³/mol. The number of hydrogen-bond donors (Lipinski definition) is 0. The van der Waals surface area contributed by atoms with Crippen molar-refractivity contribution in [1.82, 2.24) is 9.78 Å². The summed E-state index contributed by atoms with van der Waals surface area (Å²) in [6.07, 6.45) is 3.26. The summed E-state index contributed by atoms with van der Waals surface area (Å²) in [5.41, 5.74) is 1.71. The molecule has 2 aromatic rings. The van der Waals surface area contributed by atoms with Gasteiger partial charge in [0.05, 0.1) is 12.7 Å². The third-order valence-corrected chi connectivity index (χ3v) is 2.04. The van der Waals surface area contributed by atoms with Crippen LogP contribution in [0.25, 0.3) is 0 Å². The lowest BCUT2D eigenvalue weighted by atomic mass is 10.1. The summed E-state index contributed by atoms with van der Waals surface area (Å²) in [6, 6.07) is 7.89. The zero-order valence-electron chi connectivity index (χ0n) is 7.87. The van der Waals surface area contributed by atoms with Crippen molar-refractivity contribution in [2.75, 3.05) is 0 Å². The molecule has 0 amide bonds. The van der Waals surface area contributed by atoms with Crippen LogP contribution in [0.5, 0.6) is 0 Å². The van der Waals surface area contributed by atoms with Crippen molar-refractivity contribution in [3.05, 3.63) is 53.6 Å². The van der Waals surface area contributed by atoms with Gasteiger partial charge in [0.1, 0.15) is 5.82 Å². The van der Waals surface area contributed by atoms with Gasteiger partial charge >= 0.3 is 0 Å². The van der Waals surface area contributed by atoms with E-state index in [2.05, 4.69) is 11.2 Å². The first-order valence-corrected chi connectivity index (χ1v) is 4.39. The lowest BCUT2D eigenvalue weighted by molar-refractivity contribution is 0.584. The van der Waals surface area contributed by atoms with Crippen LogP contribution in [0.2, 0.25) is 0 Å². The van der Waals surface area contributed by atoms with Crippen molar-refractivity contribution in [1.29, 1.82) is 0 Å². The average molecular weight is 189 g/mol. The maximum absolute atomic E-state index is 13.3. The molecule has 0 N–H and O–H groups in total. The summed E-state index contributed by atoms with van der Waals surface area (Å²) < 4.78 is 15.0. The highest BCUT2D eigenvalue weighted by Crippen LogP contribution is 2.10. The van der Waals surface area contributed by atoms with E-state index in [0.717, 1.165) is 5.56 Å². The minimum absolute atomic E-state index is 0.189. The molecule has 0 aliphatic carbocycles. The van der Waals surface area contributed by atoms with Crippen molar-refractivity contribution in [2.45, 2.75) is 13.5 Å². The largest absolute Gasteiger partial charge is 0.268 e. The van der Waals surface area contributed by atoms with Crippen LogP contribution in [0.4, 0.5) is 4.39 Å². The summed E-state index contributed by atoms with van der Waals surface area (Å²) in [5.74, 6) is -0.189. The van der Waals surface area contributed by atoms with E-state index in [1.54, 1.807) is 23.1 Å². The molecule has 0 spiro atoms. The van der Waals surface area contributed by atoms with E-state index in [1.807, 2.05) is 13.0 Å². The van der Waals surface area contributed by atoms with Gasteiger partial charge in [-0.05, 0) is 13.0 Å². The maximum atomic E-state index is 13.3. The number of nitrogens with zero attached hydrogens (tertiary/aromatic N) is 2. The maximum Gasteiger partial charge on any atom is 0.128 e. The zero-order valence-corrected chi connectivity index (χ0v) is 7.87. The molecule has 0 bridgehead atoms. The molecule has 0 saturated heterocycles. The third-order valence-electron chi connectivity index (χ3n) is 2.04. The van der Waals surface area contributed by atoms with Crippen LogP contribution in [0.15, 0.2) is 30.6 Å². The molecule has 0 unspecified atom stereocenters. The number of aryl methyl sites for hydroxylation is 1. The summed E-state index contributed by atoms with van der Waals surface area (Å²) in [4.78, 5) is 0. The minimum Gasteiger partial charge on any atom is -0.268 e. The van der Waals surface area contributed by atoms with Crippen molar-refractivity contribution in [3.8, 4) is 0 Å². The molecule has 1 heterocycles. The molecule has 1 aromatic carbocycles. The van der Waals surface area contributed by atoms with Gasteiger partial charge in [0.25, 0.3) is 0 Å². The first-order valence-electron chi connectivity index (χ1n) is 4.39. The molecule has 2 nitrogen and oxygen atoms in total. The lowest BCUT2D eigenvalue weighted by Crippen LogP contribution is -2.02. The van der Waals surface area contributed by atoms with Crippen LogP contribution in [-0.2, 0) is 6.54 Å². The van der Waals surface area contributed by atoms with E-state index in [-0.39, 0.29) is 5.82 Å². The molecule has 0 aliphatic rings. The van der Waals surface area contributed by atoms with Gasteiger partial charge in [-0.1, -0.05) is 17.7 Å². The Morgan fingerprint density at radius 2 is 2.36 bits per heavy atom. The molecule has 0 aliphatic heterocycles. The molecule has 0 saturated carbocycles. The van der Waals surface area contributed by atoms with E-state index in [9.17, 15) is 4.39 Å². The van der Waals surface area contributed by atoms with E-state index < -0.39 is 0 Å². The quantitative estimate of drug-likeness (QED) is 0.708. The van der Waals surface area contributed by atoms with Gasteiger partial charge in [0.2, 0.25) is 0 Å². The van der Waals surface area contributed by atoms with Crippen LogP contribution in [-0.4, -0.2) is 9.78 Å². The Kier molecular flexibility index (Phi) is 2.31. The van der Waals surface area contributed by atoms with Gasteiger partial charge < -0.3 is 0 Å². The number of rotatable bonds is 2.